The van der Waals surface area contributed by atoms with Gasteiger partial charge in [-0.1, -0.05) is 23.4 Å². The number of para-hydroxylation sites is 1. The minimum Gasteiger partial charge on any atom is -0.507 e. The van der Waals surface area contributed by atoms with E-state index in [-0.39, 0.29) is 7.18 Å². The molecule has 5 heteroatoms. The minimum atomic E-state index is 0. The molecule has 0 saturated heterocycles. The Morgan fingerprint density at radius 1 is 0.955 bits per heavy atom. The number of phenols is 1. The molecule has 4 rings (SSSR count). The maximum atomic E-state index is 10.0. The van der Waals surface area contributed by atoms with Crippen LogP contribution in [-0.2, 0) is 0 Å². The van der Waals surface area contributed by atoms with Crippen LogP contribution >= 0.6 is 0 Å². The van der Waals surface area contributed by atoms with Crippen LogP contribution in [-0.4, -0.2) is 23.5 Å². The highest BCUT2D eigenvalue weighted by atomic mass is 16.6. The third kappa shape index (κ3) is 2.07. The van der Waals surface area contributed by atoms with Crippen LogP contribution in [0.2, 0.25) is 0 Å². The molecule has 0 aliphatic carbocycles. The van der Waals surface area contributed by atoms with Gasteiger partial charge in [0.2, 0.25) is 0 Å². The lowest BCUT2D eigenvalue weighted by atomic mass is 10.0. The molecule has 2 aromatic carbocycles. The van der Waals surface area contributed by atoms with E-state index in [9.17, 15) is 5.11 Å². The lowest BCUT2D eigenvalue weighted by molar-refractivity contribution is 0.171. The molecule has 0 bridgehead atoms. The van der Waals surface area contributed by atoms with E-state index in [0.717, 1.165) is 16.9 Å². The summed E-state index contributed by atoms with van der Waals surface area (Å²) in [6, 6.07) is 12.7. The van der Waals surface area contributed by atoms with E-state index in [0.29, 0.717) is 30.3 Å². The van der Waals surface area contributed by atoms with E-state index in [2.05, 4.69) is 5.16 Å². The number of benzene rings is 2. The molecule has 0 amide bonds. The second-order valence-corrected chi connectivity index (χ2v) is 4.94. The van der Waals surface area contributed by atoms with Crippen molar-refractivity contribution in [3.05, 3.63) is 48.7 Å². The Labute approximate surface area is 128 Å². The monoisotopic (exact) mass is 297 g/mol. The van der Waals surface area contributed by atoms with Crippen molar-refractivity contribution in [3.8, 4) is 39.7 Å². The molecule has 1 aliphatic rings. The third-order valence-electron chi connectivity index (χ3n) is 3.57. The van der Waals surface area contributed by atoms with E-state index < -0.39 is 0 Å². The molecule has 1 N–H and O–H groups in total. The lowest BCUT2D eigenvalue weighted by Crippen LogP contribution is -2.15. The number of phenolic OH excluding ortho intramolecular Hbond substituents is 1. The van der Waals surface area contributed by atoms with Crippen LogP contribution in [0.4, 0.5) is 0 Å². The molecular weight excluding hydrogens is 282 g/mol. The minimum absolute atomic E-state index is 0. The van der Waals surface area contributed by atoms with Crippen LogP contribution in [0.15, 0.2) is 53.2 Å². The summed E-state index contributed by atoms with van der Waals surface area (Å²) in [7, 11) is 0. The molecule has 112 valence electrons. The normalized spacial score (nSPS) is 13.1. The van der Waals surface area contributed by atoms with Gasteiger partial charge in [0.25, 0.3) is 0 Å². The average Bonchev–Trinajstić information content (AvgIpc) is 3.04. The summed E-state index contributed by atoms with van der Waals surface area (Å²) in [6.45, 7) is 1.09. The predicted octanol–water partition coefficient (Wildman–Crippen LogP) is 3.73. The number of hydrogen-bond donors (Lipinski definition) is 1. The maximum absolute atomic E-state index is 10.0. The van der Waals surface area contributed by atoms with Crippen LogP contribution in [0.3, 0.4) is 0 Å². The van der Waals surface area contributed by atoms with Gasteiger partial charge >= 0.3 is 0 Å². The van der Waals surface area contributed by atoms with Crippen molar-refractivity contribution < 1.29 is 20.5 Å². The zero-order valence-electron chi connectivity index (χ0n) is 11.7. The number of aromatic hydroxyl groups is 1. The predicted molar refractivity (Wildman–Crippen MR) is 82.1 cm³/mol. The van der Waals surface area contributed by atoms with E-state index >= 15 is 0 Å². The topological polar surface area (TPSA) is 64.7 Å². The highest BCUT2D eigenvalue weighted by molar-refractivity contribution is 5.82. The van der Waals surface area contributed by atoms with Crippen molar-refractivity contribution in [1.29, 1.82) is 0 Å². The van der Waals surface area contributed by atoms with Crippen molar-refractivity contribution in [3.63, 3.8) is 0 Å². The Morgan fingerprint density at radius 2 is 1.77 bits per heavy atom. The van der Waals surface area contributed by atoms with Gasteiger partial charge < -0.3 is 19.1 Å². The molecule has 0 saturated carbocycles. The van der Waals surface area contributed by atoms with E-state index in [1.54, 1.807) is 24.4 Å². The Balaban J connectivity index is 0.00000156. The highest BCUT2D eigenvalue weighted by Crippen LogP contribution is 2.40. The van der Waals surface area contributed by atoms with Gasteiger partial charge in [-0.25, -0.2) is 0 Å². The molecule has 2 heterocycles. The number of fused-ring (bicyclic) bond motifs is 1. The lowest BCUT2D eigenvalue weighted by Gasteiger charge is -2.18. The maximum Gasteiger partial charge on any atom is 0.178 e. The van der Waals surface area contributed by atoms with Crippen LogP contribution < -0.4 is 9.47 Å². The molecule has 3 aromatic rings. The Hall–Kier alpha value is -2.95. The van der Waals surface area contributed by atoms with Crippen LogP contribution in [0.5, 0.6) is 17.2 Å². The SMILES string of the molecule is Oc1ccccc1-c1oncc1-c1ccc2c(c1)OCCO2.[HH]. The first-order valence-electron chi connectivity index (χ1n) is 6.96. The van der Waals surface area contributed by atoms with Crippen LogP contribution in [0.1, 0.15) is 1.43 Å². The van der Waals surface area contributed by atoms with E-state index in [1.165, 1.54) is 0 Å². The largest absolute Gasteiger partial charge is 0.507 e. The smallest absolute Gasteiger partial charge is 0.178 e. The first kappa shape index (κ1) is 12.8. The van der Waals surface area contributed by atoms with Crippen molar-refractivity contribution in [1.82, 2.24) is 5.16 Å². The van der Waals surface area contributed by atoms with Crippen LogP contribution in [0, 0.1) is 0 Å². The number of ether oxygens (including phenoxy) is 2. The number of nitrogens with zero attached hydrogens (tertiary/aromatic N) is 1. The van der Waals surface area contributed by atoms with Crippen molar-refractivity contribution in [2.75, 3.05) is 13.2 Å². The molecule has 5 nitrogen and oxygen atoms in total. The average molecular weight is 297 g/mol. The van der Waals surface area contributed by atoms with Gasteiger partial charge in [-0.2, -0.15) is 0 Å². The van der Waals surface area contributed by atoms with Crippen molar-refractivity contribution in [2.45, 2.75) is 0 Å². The fourth-order valence-electron chi connectivity index (χ4n) is 2.52. The fourth-order valence-corrected chi connectivity index (χ4v) is 2.52. The Bertz CT molecular complexity index is 831. The summed E-state index contributed by atoms with van der Waals surface area (Å²) in [4.78, 5) is 0. The molecule has 0 fully saturated rings. The second-order valence-electron chi connectivity index (χ2n) is 4.94. The Kier molecular flexibility index (Phi) is 2.96. The van der Waals surface area contributed by atoms with Gasteiger partial charge in [-0.3, -0.25) is 0 Å². The zero-order valence-corrected chi connectivity index (χ0v) is 11.7. The molecule has 1 aromatic heterocycles. The summed E-state index contributed by atoms with van der Waals surface area (Å²) >= 11 is 0. The van der Waals surface area contributed by atoms with Gasteiger partial charge in [-0.05, 0) is 29.8 Å². The van der Waals surface area contributed by atoms with Gasteiger partial charge in [0.15, 0.2) is 17.3 Å². The van der Waals surface area contributed by atoms with E-state index in [1.807, 2.05) is 24.3 Å². The third-order valence-corrected chi connectivity index (χ3v) is 3.57. The first-order chi connectivity index (χ1) is 10.8. The Morgan fingerprint density at radius 3 is 2.64 bits per heavy atom. The molecule has 1 aliphatic heterocycles. The van der Waals surface area contributed by atoms with E-state index in [4.69, 9.17) is 14.0 Å². The van der Waals surface area contributed by atoms with Crippen molar-refractivity contribution >= 4 is 0 Å². The summed E-state index contributed by atoms with van der Waals surface area (Å²) < 4.78 is 16.5. The highest BCUT2D eigenvalue weighted by Gasteiger charge is 2.18. The molecule has 0 radical (unpaired) electrons. The summed E-state index contributed by atoms with van der Waals surface area (Å²) in [5, 5.41) is 13.9. The standard InChI is InChI=1S/C17H13NO4.H2/c19-14-4-2-1-3-12(14)17-13(10-18-22-17)11-5-6-15-16(9-11)21-8-7-20-15;/h1-6,9-10,19H,7-8H2;1H. The number of aromatic nitrogens is 1. The zero-order chi connectivity index (χ0) is 14.9. The number of rotatable bonds is 2. The van der Waals surface area contributed by atoms with Gasteiger partial charge in [0.05, 0.1) is 11.8 Å². The molecule has 0 unspecified atom stereocenters. The summed E-state index contributed by atoms with van der Waals surface area (Å²) in [5.41, 5.74) is 2.28. The van der Waals surface area contributed by atoms with Crippen molar-refractivity contribution in [2.24, 2.45) is 0 Å². The molecule has 0 spiro atoms. The quantitative estimate of drug-likeness (QED) is 0.780. The molecule has 0 atom stereocenters. The summed E-state index contributed by atoms with van der Waals surface area (Å²) in [5.74, 6) is 2.11. The fraction of sp³-hybridized carbons (Fsp3) is 0.118. The first-order valence-corrected chi connectivity index (χ1v) is 6.96. The van der Waals surface area contributed by atoms with Gasteiger partial charge in [-0.15, -0.1) is 0 Å². The molecule has 22 heavy (non-hydrogen) atoms. The van der Waals surface area contributed by atoms with Gasteiger partial charge in [0.1, 0.15) is 19.0 Å². The second kappa shape index (κ2) is 5.11. The molecular formula is C17H15NO4. The van der Waals surface area contributed by atoms with Gasteiger partial charge in [0, 0.05) is 6.99 Å². The number of hydrogen-bond acceptors (Lipinski definition) is 5. The van der Waals surface area contributed by atoms with Crippen LogP contribution in [0.25, 0.3) is 22.5 Å². The summed E-state index contributed by atoms with van der Waals surface area (Å²) in [6.07, 6.45) is 1.63.